The van der Waals surface area contributed by atoms with Crippen LogP contribution in [0.2, 0.25) is 0 Å². The lowest BCUT2D eigenvalue weighted by Crippen LogP contribution is -2.55. The fourth-order valence-corrected chi connectivity index (χ4v) is 7.07. The molecule has 124 valence electrons. The van der Waals surface area contributed by atoms with Crippen molar-refractivity contribution in [3.63, 3.8) is 0 Å². The Morgan fingerprint density at radius 3 is 2.59 bits per heavy atom. The first kappa shape index (κ1) is 15.1. The zero-order valence-corrected chi connectivity index (χ0v) is 13.9. The molecule has 3 nitrogen and oxygen atoms in total. The zero-order chi connectivity index (χ0) is 15.7. The molecule has 4 fully saturated rings. The van der Waals surface area contributed by atoms with Crippen LogP contribution in [0.5, 0.6) is 0 Å². The molecule has 0 unspecified atom stereocenters. The Morgan fingerprint density at radius 2 is 1.82 bits per heavy atom. The topological polar surface area (TPSA) is 57.5 Å². The molecule has 0 aromatic heterocycles. The van der Waals surface area contributed by atoms with E-state index in [1.54, 1.807) is 0 Å². The molecular weight excluding hydrogens is 276 g/mol. The van der Waals surface area contributed by atoms with Gasteiger partial charge in [-0.15, -0.1) is 0 Å². The highest BCUT2D eigenvalue weighted by atomic mass is 16.3. The summed E-state index contributed by atoms with van der Waals surface area (Å²) in [4.78, 5) is 12.4. The van der Waals surface area contributed by atoms with Gasteiger partial charge in [0.2, 0.25) is 0 Å². The van der Waals surface area contributed by atoms with Crippen molar-refractivity contribution in [3.8, 4) is 0 Å². The molecule has 0 aromatic carbocycles. The predicted molar refractivity (Wildman–Crippen MR) is 84.1 cm³/mol. The van der Waals surface area contributed by atoms with Gasteiger partial charge in [0.1, 0.15) is 5.78 Å². The van der Waals surface area contributed by atoms with E-state index in [2.05, 4.69) is 13.8 Å². The summed E-state index contributed by atoms with van der Waals surface area (Å²) >= 11 is 0. The van der Waals surface area contributed by atoms with Crippen LogP contribution in [0.4, 0.5) is 0 Å². The van der Waals surface area contributed by atoms with E-state index in [0.29, 0.717) is 35.4 Å². The summed E-state index contributed by atoms with van der Waals surface area (Å²) in [5.41, 5.74) is 0.0484. The smallest absolute Gasteiger partial charge is 0.141 e. The largest absolute Gasteiger partial charge is 0.393 e. The van der Waals surface area contributed by atoms with E-state index in [9.17, 15) is 15.0 Å². The minimum atomic E-state index is -0.417. The Balaban J connectivity index is 1.66. The van der Waals surface area contributed by atoms with E-state index >= 15 is 0 Å². The van der Waals surface area contributed by atoms with Crippen molar-refractivity contribution in [2.24, 2.45) is 34.5 Å². The highest BCUT2D eigenvalue weighted by Crippen LogP contribution is 2.65. The number of aliphatic hydroxyl groups excluding tert-OH is 2. The van der Waals surface area contributed by atoms with Gasteiger partial charge in [-0.3, -0.25) is 4.79 Å². The second-order valence-corrected chi connectivity index (χ2v) is 9.16. The molecule has 0 bridgehead atoms. The molecule has 4 aliphatic rings. The van der Waals surface area contributed by atoms with Gasteiger partial charge >= 0.3 is 0 Å². The maximum Gasteiger partial charge on any atom is 0.141 e. The monoisotopic (exact) mass is 306 g/mol. The Morgan fingerprint density at radius 1 is 1.05 bits per heavy atom. The van der Waals surface area contributed by atoms with Crippen molar-refractivity contribution >= 4 is 5.78 Å². The van der Waals surface area contributed by atoms with Gasteiger partial charge in [-0.2, -0.15) is 0 Å². The minimum Gasteiger partial charge on any atom is -0.393 e. The number of ketones is 1. The molecule has 0 radical (unpaired) electrons. The van der Waals surface area contributed by atoms with E-state index in [1.165, 1.54) is 6.42 Å². The maximum absolute atomic E-state index is 12.4. The summed E-state index contributed by atoms with van der Waals surface area (Å²) in [5, 5.41) is 20.6. The van der Waals surface area contributed by atoms with Crippen LogP contribution >= 0.6 is 0 Å². The molecule has 0 saturated heterocycles. The quantitative estimate of drug-likeness (QED) is 0.723. The highest BCUT2D eigenvalue weighted by molar-refractivity contribution is 5.88. The molecule has 0 amide bonds. The number of rotatable bonds is 0. The van der Waals surface area contributed by atoms with Crippen molar-refractivity contribution in [3.05, 3.63) is 0 Å². The number of carbonyl (C=O) groups excluding carboxylic acids is 1. The van der Waals surface area contributed by atoms with Crippen LogP contribution in [0.25, 0.3) is 0 Å². The molecule has 8 atom stereocenters. The molecule has 4 saturated carbocycles. The average molecular weight is 306 g/mol. The van der Waals surface area contributed by atoms with E-state index in [0.717, 1.165) is 38.5 Å². The second-order valence-electron chi connectivity index (χ2n) is 9.16. The Kier molecular flexibility index (Phi) is 3.30. The Hall–Kier alpha value is -0.410. The van der Waals surface area contributed by atoms with E-state index in [-0.39, 0.29) is 17.4 Å². The van der Waals surface area contributed by atoms with Crippen LogP contribution in [0.15, 0.2) is 0 Å². The van der Waals surface area contributed by atoms with E-state index in [1.807, 2.05) is 0 Å². The second kappa shape index (κ2) is 4.80. The third-order valence-electron chi connectivity index (χ3n) is 8.34. The first-order chi connectivity index (χ1) is 10.4. The van der Waals surface area contributed by atoms with Crippen molar-refractivity contribution in [1.29, 1.82) is 0 Å². The zero-order valence-electron chi connectivity index (χ0n) is 13.9. The number of hydrogen-bond donors (Lipinski definition) is 2. The molecule has 4 aliphatic carbocycles. The van der Waals surface area contributed by atoms with Gasteiger partial charge in [0.05, 0.1) is 12.2 Å². The van der Waals surface area contributed by atoms with Crippen LogP contribution in [0.1, 0.15) is 65.2 Å². The summed E-state index contributed by atoms with van der Waals surface area (Å²) in [6.45, 7) is 4.55. The first-order valence-electron chi connectivity index (χ1n) is 9.25. The van der Waals surface area contributed by atoms with Crippen LogP contribution in [-0.4, -0.2) is 28.2 Å². The first-order valence-corrected chi connectivity index (χ1v) is 9.25. The third-order valence-corrected chi connectivity index (χ3v) is 8.34. The predicted octanol–water partition coefficient (Wildman–Crippen LogP) is 2.93. The van der Waals surface area contributed by atoms with Crippen molar-refractivity contribution in [2.45, 2.75) is 77.4 Å². The average Bonchev–Trinajstić information content (AvgIpc) is 2.70. The molecule has 3 heteroatoms. The molecular formula is C19H30O3. The standard InChI is InChI=1S/C19H30O3/c1-18-7-5-12(20)9-11(18)3-4-13-14(18)6-8-19(2)16(22)10-15(21)17(13)19/h11-15,17,20-21H,3-10H2,1-2H3/t11-,12-,13+,14-,15-,17+,18-,19+/m0/s1. The number of Topliss-reactive ketones (excluding diaryl/α,β-unsaturated/α-hetero) is 1. The number of aliphatic hydroxyl groups is 2. The van der Waals surface area contributed by atoms with Gasteiger partial charge in [-0.1, -0.05) is 13.8 Å². The van der Waals surface area contributed by atoms with Crippen LogP contribution < -0.4 is 0 Å². The van der Waals surface area contributed by atoms with Gasteiger partial charge in [0.25, 0.3) is 0 Å². The van der Waals surface area contributed by atoms with Gasteiger partial charge in [-0.05, 0) is 68.1 Å². The molecule has 0 spiro atoms. The normalized spacial score (nSPS) is 57.9. The highest BCUT2D eigenvalue weighted by Gasteiger charge is 2.62. The van der Waals surface area contributed by atoms with E-state index in [4.69, 9.17) is 0 Å². The lowest BCUT2D eigenvalue weighted by molar-refractivity contribution is -0.148. The summed E-state index contributed by atoms with van der Waals surface area (Å²) in [6, 6.07) is 0. The van der Waals surface area contributed by atoms with Crippen molar-refractivity contribution in [2.75, 3.05) is 0 Å². The Bertz CT molecular complexity index is 489. The minimum absolute atomic E-state index is 0.109. The summed E-state index contributed by atoms with van der Waals surface area (Å²) in [5.74, 6) is 2.27. The molecule has 2 N–H and O–H groups in total. The lowest BCUT2D eigenvalue weighted by atomic mass is 9.45. The van der Waals surface area contributed by atoms with Crippen LogP contribution in [0.3, 0.4) is 0 Å². The lowest BCUT2D eigenvalue weighted by Gasteiger charge is -2.60. The number of hydrogen-bond acceptors (Lipinski definition) is 3. The summed E-state index contributed by atoms with van der Waals surface area (Å²) in [7, 11) is 0. The number of fused-ring (bicyclic) bond motifs is 5. The fourth-order valence-electron chi connectivity index (χ4n) is 7.07. The van der Waals surface area contributed by atoms with Gasteiger partial charge < -0.3 is 10.2 Å². The van der Waals surface area contributed by atoms with Crippen molar-refractivity contribution in [1.82, 2.24) is 0 Å². The van der Waals surface area contributed by atoms with Gasteiger partial charge in [-0.25, -0.2) is 0 Å². The third kappa shape index (κ3) is 1.84. The van der Waals surface area contributed by atoms with Crippen LogP contribution in [0, 0.1) is 34.5 Å². The molecule has 0 heterocycles. The molecule has 0 aliphatic heterocycles. The van der Waals surface area contributed by atoms with E-state index < -0.39 is 6.10 Å². The Labute approximate surface area is 133 Å². The SMILES string of the molecule is C[C@]12CC[C@H](O)C[C@@H]1CC[C@H]1[C@@H]3[C@@H](O)CC(=O)[C@@]3(C)CC[C@@H]12. The maximum atomic E-state index is 12.4. The van der Waals surface area contributed by atoms with Gasteiger partial charge in [0, 0.05) is 17.8 Å². The van der Waals surface area contributed by atoms with Crippen molar-refractivity contribution < 1.29 is 15.0 Å². The summed E-state index contributed by atoms with van der Waals surface area (Å²) in [6.07, 6.45) is 7.27. The van der Waals surface area contributed by atoms with Gasteiger partial charge in [0.15, 0.2) is 0 Å². The molecule has 4 rings (SSSR count). The molecule has 0 aromatic rings. The van der Waals surface area contributed by atoms with Crippen LogP contribution in [-0.2, 0) is 4.79 Å². The summed E-state index contributed by atoms with van der Waals surface area (Å²) < 4.78 is 0. The fraction of sp³-hybridized carbons (Fsp3) is 0.947. The molecule has 22 heavy (non-hydrogen) atoms. The number of carbonyl (C=O) groups is 1.